The maximum atomic E-state index is 13.3. The smallest absolute Gasteiger partial charge is 0.246 e. The molecule has 0 radical (unpaired) electrons. The van der Waals surface area contributed by atoms with Crippen molar-refractivity contribution >= 4 is 10.0 Å². The van der Waals surface area contributed by atoms with Gasteiger partial charge in [-0.3, -0.25) is 0 Å². The summed E-state index contributed by atoms with van der Waals surface area (Å²) in [5.74, 6) is 0.969. The van der Waals surface area contributed by atoms with E-state index in [2.05, 4.69) is 12.2 Å². The van der Waals surface area contributed by atoms with E-state index in [9.17, 15) is 8.42 Å². The molecule has 1 heterocycles. The highest BCUT2D eigenvalue weighted by atomic mass is 32.2. The maximum Gasteiger partial charge on any atom is 0.246 e. The predicted octanol–water partition coefficient (Wildman–Crippen LogP) is 4.38. The minimum absolute atomic E-state index is 0.110. The second kappa shape index (κ2) is 9.97. The third kappa shape index (κ3) is 5.48. The fourth-order valence-corrected chi connectivity index (χ4v) is 4.82. The zero-order chi connectivity index (χ0) is 19.0. The molecular formula is C20H31NO4S. The Kier molecular flexibility index (Phi) is 7.97. The summed E-state index contributed by atoms with van der Waals surface area (Å²) in [7, 11) is -2.06. The van der Waals surface area contributed by atoms with E-state index < -0.39 is 10.0 Å². The van der Waals surface area contributed by atoms with Crippen molar-refractivity contribution < 1.29 is 17.9 Å². The normalized spacial score (nSPS) is 19.8. The largest absolute Gasteiger partial charge is 0.497 e. The van der Waals surface area contributed by atoms with Crippen molar-refractivity contribution in [3.63, 3.8) is 0 Å². The molecule has 0 fully saturated rings. The highest BCUT2D eigenvalue weighted by molar-refractivity contribution is 7.89. The summed E-state index contributed by atoms with van der Waals surface area (Å²) < 4.78 is 39.3. The number of fused-ring (bicyclic) bond motifs is 1. The minimum Gasteiger partial charge on any atom is -0.497 e. The molecule has 0 saturated heterocycles. The van der Waals surface area contributed by atoms with Crippen molar-refractivity contribution in [1.82, 2.24) is 4.31 Å². The lowest BCUT2D eigenvalue weighted by Gasteiger charge is -2.27. The van der Waals surface area contributed by atoms with Crippen LogP contribution in [-0.4, -0.2) is 39.0 Å². The van der Waals surface area contributed by atoms with Crippen LogP contribution < -0.4 is 9.47 Å². The van der Waals surface area contributed by atoms with Crippen LogP contribution in [0.25, 0.3) is 0 Å². The minimum atomic E-state index is -3.63. The molecule has 0 N–H and O–H groups in total. The van der Waals surface area contributed by atoms with Gasteiger partial charge >= 0.3 is 0 Å². The number of benzene rings is 1. The van der Waals surface area contributed by atoms with E-state index in [1.54, 1.807) is 29.6 Å². The van der Waals surface area contributed by atoms with Crippen LogP contribution in [0.5, 0.6) is 11.5 Å². The van der Waals surface area contributed by atoms with Gasteiger partial charge in [-0.2, -0.15) is 4.31 Å². The number of ether oxygens (including phenoxy) is 2. The van der Waals surface area contributed by atoms with Crippen LogP contribution in [0.4, 0.5) is 0 Å². The van der Waals surface area contributed by atoms with E-state index in [1.165, 1.54) is 0 Å². The molecule has 1 aromatic carbocycles. The summed E-state index contributed by atoms with van der Waals surface area (Å²) in [6.07, 6.45) is 10.2. The van der Waals surface area contributed by atoms with Gasteiger partial charge in [0.25, 0.3) is 0 Å². The molecule has 146 valence electrons. The van der Waals surface area contributed by atoms with Crippen molar-refractivity contribution in [3.8, 4) is 11.5 Å². The highest BCUT2D eigenvalue weighted by Gasteiger charge is 2.30. The summed E-state index contributed by atoms with van der Waals surface area (Å²) in [6.45, 7) is 4.83. The summed E-state index contributed by atoms with van der Waals surface area (Å²) in [6, 6.07) is 4.83. The van der Waals surface area contributed by atoms with Crippen LogP contribution in [-0.2, 0) is 10.0 Å². The number of allylic oxidation sites excluding steroid dienone is 2. The number of nitrogens with zero attached hydrogens (tertiary/aromatic N) is 1. The molecule has 0 spiro atoms. The van der Waals surface area contributed by atoms with Gasteiger partial charge in [0.1, 0.15) is 16.4 Å². The van der Waals surface area contributed by atoms with Crippen LogP contribution in [0, 0.1) is 0 Å². The van der Waals surface area contributed by atoms with Crippen molar-refractivity contribution in [2.75, 3.05) is 20.3 Å². The Labute approximate surface area is 158 Å². The lowest BCUT2D eigenvalue weighted by atomic mass is 10.2. The Morgan fingerprint density at radius 3 is 2.42 bits per heavy atom. The maximum absolute atomic E-state index is 13.3. The van der Waals surface area contributed by atoms with Crippen LogP contribution in [0.1, 0.15) is 52.4 Å². The van der Waals surface area contributed by atoms with Crippen molar-refractivity contribution in [2.45, 2.75) is 63.3 Å². The zero-order valence-electron chi connectivity index (χ0n) is 16.1. The van der Waals surface area contributed by atoms with E-state index in [0.717, 1.165) is 38.5 Å². The quantitative estimate of drug-likeness (QED) is 0.713. The van der Waals surface area contributed by atoms with Gasteiger partial charge in [-0.05, 0) is 64.5 Å². The summed E-state index contributed by atoms with van der Waals surface area (Å²) in [5.41, 5.74) is 0. The van der Waals surface area contributed by atoms with Crippen LogP contribution >= 0.6 is 0 Å². The Hall–Kier alpha value is -1.53. The first kappa shape index (κ1) is 20.8. The van der Waals surface area contributed by atoms with Gasteiger partial charge in [-0.25, -0.2) is 8.42 Å². The van der Waals surface area contributed by atoms with E-state index >= 15 is 0 Å². The molecule has 0 aromatic heterocycles. The lowest BCUT2D eigenvalue weighted by molar-refractivity contribution is 0.294. The van der Waals surface area contributed by atoms with Gasteiger partial charge in [0.15, 0.2) is 0 Å². The molecule has 0 saturated carbocycles. The molecule has 0 aliphatic carbocycles. The molecule has 2 rings (SSSR count). The van der Waals surface area contributed by atoms with Gasteiger partial charge < -0.3 is 9.47 Å². The van der Waals surface area contributed by atoms with E-state index in [4.69, 9.17) is 9.47 Å². The van der Waals surface area contributed by atoms with Crippen LogP contribution in [0.3, 0.4) is 0 Å². The third-order valence-corrected chi connectivity index (χ3v) is 6.62. The first-order valence-corrected chi connectivity index (χ1v) is 10.9. The molecule has 5 nitrogen and oxygen atoms in total. The Morgan fingerprint density at radius 2 is 1.77 bits per heavy atom. The molecule has 0 bridgehead atoms. The molecule has 0 atom stereocenters. The van der Waals surface area contributed by atoms with E-state index in [0.29, 0.717) is 24.7 Å². The predicted molar refractivity (Wildman–Crippen MR) is 104 cm³/mol. The van der Waals surface area contributed by atoms with E-state index in [1.807, 2.05) is 13.8 Å². The van der Waals surface area contributed by atoms with Gasteiger partial charge in [-0.15, -0.1) is 0 Å². The highest BCUT2D eigenvalue weighted by Crippen LogP contribution is 2.32. The number of sulfonamides is 1. The Bertz CT molecular complexity index is 698. The SMILES string of the molecule is COc1ccc2c(c1)OCCCCC=CCCCCN(C(C)C)S2(=O)=O. The summed E-state index contributed by atoms with van der Waals surface area (Å²) in [5, 5.41) is 0. The zero-order valence-corrected chi connectivity index (χ0v) is 16.9. The van der Waals surface area contributed by atoms with Gasteiger partial charge in [-0.1, -0.05) is 12.2 Å². The molecule has 0 amide bonds. The number of methoxy groups -OCH3 is 1. The molecule has 6 heteroatoms. The third-order valence-electron chi connectivity index (χ3n) is 4.50. The average molecular weight is 382 g/mol. The van der Waals surface area contributed by atoms with Crippen LogP contribution in [0.15, 0.2) is 35.2 Å². The lowest BCUT2D eigenvalue weighted by Crippen LogP contribution is -2.37. The molecular weight excluding hydrogens is 350 g/mol. The summed E-state index contributed by atoms with van der Waals surface area (Å²) in [4.78, 5) is 0.222. The first-order valence-electron chi connectivity index (χ1n) is 9.44. The number of hydrogen-bond donors (Lipinski definition) is 0. The molecule has 0 unspecified atom stereocenters. The second-order valence-electron chi connectivity index (χ2n) is 6.83. The van der Waals surface area contributed by atoms with Crippen molar-refractivity contribution in [1.29, 1.82) is 0 Å². The Balaban J connectivity index is 2.38. The van der Waals surface area contributed by atoms with Crippen molar-refractivity contribution in [2.24, 2.45) is 0 Å². The molecule has 1 aliphatic heterocycles. The molecule has 1 aliphatic rings. The fraction of sp³-hybridized carbons (Fsp3) is 0.600. The first-order chi connectivity index (χ1) is 12.5. The number of rotatable bonds is 2. The molecule has 26 heavy (non-hydrogen) atoms. The second-order valence-corrected chi connectivity index (χ2v) is 8.69. The Morgan fingerprint density at radius 1 is 1.08 bits per heavy atom. The van der Waals surface area contributed by atoms with Gasteiger partial charge in [0.05, 0.1) is 13.7 Å². The standard InChI is InChI=1S/C20H31NO4S/c1-17(2)21-14-10-8-6-4-5-7-9-11-15-25-19-16-18(24-3)12-13-20(19)26(21,22)23/h4-5,12-13,16-17H,6-11,14-15H2,1-3H3. The number of hydrogen-bond acceptors (Lipinski definition) is 4. The fourth-order valence-electron chi connectivity index (χ4n) is 3.04. The van der Waals surface area contributed by atoms with Crippen LogP contribution in [0.2, 0.25) is 0 Å². The van der Waals surface area contributed by atoms with Crippen molar-refractivity contribution in [3.05, 3.63) is 30.4 Å². The molecule has 1 aromatic rings. The average Bonchev–Trinajstić information content (AvgIpc) is 2.61. The monoisotopic (exact) mass is 381 g/mol. The van der Waals surface area contributed by atoms with Gasteiger partial charge in [0.2, 0.25) is 10.0 Å². The summed E-state index contributed by atoms with van der Waals surface area (Å²) >= 11 is 0. The van der Waals surface area contributed by atoms with E-state index in [-0.39, 0.29) is 10.9 Å². The van der Waals surface area contributed by atoms with Gasteiger partial charge in [0, 0.05) is 18.7 Å². The topological polar surface area (TPSA) is 55.8 Å².